The Morgan fingerprint density at radius 2 is 1.72 bits per heavy atom. The van der Waals surface area contributed by atoms with Gasteiger partial charge in [-0.1, -0.05) is 48.5 Å². The molecule has 1 heterocycles. The normalized spacial score (nSPS) is 17.0. The minimum Gasteiger partial charge on any atom is -0.437 e. The largest absolute Gasteiger partial charge is 0.437 e. The van der Waals surface area contributed by atoms with E-state index < -0.39 is 40.1 Å². The van der Waals surface area contributed by atoms with Crippen molar-refractivity contribution >= 4 is 27.8 Å². The molecule has 2 atom stereocenters. The summed E-state index contributed by atoms with van der Waals surface area (Å²) in [5.74, 6) is -2.12. The molecule has 2 aromatic carbocycles. The second-order valence-corrected chi connectivity index (χ2v) is 8.47. The van der Waals surface area contributed by atoms with Gasteiger partial charge in [-0.15, -0.1) is 0 Å². The van der Waals surface area contributed by atoms with Gasteiger partial charge in [0.15, 0.2) is 0 Å². The zero-order valence-electron chi connectivity index (χ0n) is 15.9. The van der Waals surface area contributed by atoms with Crippen LogP contribution >= 0.6 is 0 Å². The van der Waals surface area contributed by atoms with Crippen LogP contribution in [0.2, 0.25) is 0 Å². The highest BCUT2D eigenvalue weighted by Gasteiger charge is 2.45. The third-order valence-electron chi connectivity index (χ3n) is 4.36. The number of fused-ring (bicyclic) bond motifs is 1. The number of carbonyl (C=O) groups is 3. The van der Waals surface area contributed by atoms with Crippen LogP contribution in [0.4, 0.5) is 0 Å². The molecular weight excluding hydrogens is 396 g/mol. The number of imide groups is 1. The maximum Gasteiger partial charge on any atom is 0.304 e. The number of hydrogen-bond acceptors (Lipinski definition) is 6. The summed E-state index contributed by atoms with van der Waals surface area (Å²) in [7, 11) is -3.76. The first-order valence-electron chi connectivity index (χ1n) is 8.82. The van der Waals surface area contributed by atoms with Crippen molar-refractivity contribution in [2.24, 2.45) is 0 Å². The van der Waals surface area contributed by atoms with Crippen LogP contribution in [0.25, 0.3) is 0 Å². The molecule has 0 spiro atoms. The van der Waals surface area contributed by atoms with Crippen molar-refractivity contribution in [2.45, 2.75) is 25.6 Å². The maximum atomic E-state index is 13.3. The molecule has 1 unspecified atom stereocenters. The quantitative estimate of drug-likeness (QED) is 0.713. The summed E-state index contributed by atoms with van der Waals surface area (Å²) in [5.41, 5.74) is 1.30. The molecule has 0 bridgehead atoms. The third-order valence-corrected chi connectivity index (χ3v) is 5.08. The van der Waals surface area contributed by atoms with Gasteiger partial charge in [0, 0.05) is 18.1 Å². The van der Waals surface area contributed by atoms with E-state index in [9.17, 15) is 22.8 Å². The smallest absolute Gasteiger partial charge is 0.304 e. The molecule has 9 heteroatoms. The van der Waals surface area contributed by atoms with Gasteiger partial charge >= 0.3 is 5.97 Å². The number of benzene rings is 2. The Morgan fingerprint density at radius 3 is 2.34 bits per heavy atom. The van der Waals surface area contributed by atoms with Crippen LogP contribution in [0.5, 0.6) is 0 Å². The number of nitrogens with one attached hydrogen (secondary N) is 1. The van der Waals surface area contributed by atoms with Crippen LogP contribution < -0.4 is 4.72 Å². The van der Waals surface area contributed by atoms with Crippen molar-refractivity contribution in [3.05, 3.63) is 71.3 Å². The van der Waals surface area contributed by atoms with Crippen LogP contribution in [0.1, 0.15) is 34.6 Å². The topological polar surface area (TPSA) is 110 Å². The van der Waals surface area contributed by atoms with E-state index >= 15 is 0 Å². The van der Waals surface area contributed by atoms with E-state index in [1.165, 1.54) is 13.0 Å². The molecule has 0 aromatic heterocycles. The number of hydrogen-bond donors (Lipinski definition) is 1. The van der Waals surface area contributed by atoms with Crippen LogP contribution in [-0.2, 0) is 30.8 Å². The number of sulfonamides is 1. The third kappa shape index (κ3) is 4.69. The van der Waals surface area contributed by atoms with Crippen LogP contribution in [-0.4, -0.2) is 43.4 Å². The predicted molar refractivity (Wildman–Crippen MR) is 104 cm³/mol. The summed E-state index contributed by atoms with van der Waals surface area (Å²) in [5, 5.41) is 0. The highest BCUT2D eigenvalue weighted by Crippen LogP contribution is 2.35. The van der Waals surface area contributed by atoms with Crippen molar-refractivity contribution < 1.29 is 27.5 Å². The molecule has 1 N–H and O–H groups in total. The van der Waals surface area contributed by atoms with Crippen molar-refractivity contribution in [2.75, 3.05) is 6.26 Å². The maximum absolute atomic E-state index is 13.3. The summed E-state index contributed by atoms with van der Waals surface area (Å²) in [6, 6.07) is 14.0. The highest BCUT2D eigenvalue weighted by atomic mass is 32.2. The molecule has 2 amide bonds. The molecule has 1 aliphatic rings. The molecule has 0 saturated carbocycles. The number of amides is 2. The summed E-state index contributed by atoms with van der Waals surface area (Å²) in [6.45, 7) is 1.17. The van der Waals surface area contributed by atoms with Gasteiger partial charge in [-0.3, -0.25) is 14.4 Å². The Balaban J connectivity index is 1.98. The monoisotopic (exact) mass is 416 g/mol. The standard InChI is InChI=1S/C20H20N2O6S/c1-13(23)28-20-16-11-7-6-10-15(16)18(24)22(20)19(25)17(21-29(2,26)27)12-14-8-4-3-5-9-14/h3-11,17,20-21H,12H2,1-2H3/t17-,20?/m0/s1. The zero-order chi connectivity index (χ0) is 21.2. The minimum atomic E-state index is -3.76. The lowest BCUT2D eigenvalue weighted by atomic mass is 10.1. The van der Waals surface area contributed by atoms with Gasteiger partial charge in [-0.2, -0.15) is 0 Å². The first-order chi connectivity index (χ1) is 13.7. The van der Waals surface area contributed by atoms with Gasteiger partial charge in [0.25, 0.3) is 11.8 Å². The van der Waals surface area contributed by atoms with Crippen LogP contribution in [0.15, 0.2) is 54.6 Å². The molecular formula is C20H20N2O6S. The average Bonchev–Trinajstić information content (AvgIpc) is 2.92. The molecule has 3 rings (SSSR count). The SMILES string of the molecule is CC(=O)OC1c2ccccc2C(=O)N1C(=O)[C@H](Cc1ccccc1)NS(C)(=O)=O. The van der Waals surface area contributed by atoms with Crippen LogP contribution in [0, 0.1) is 0 Å². The lowest BCUT2D eigenvalue weighted by molar-refractivity contribution is -0.159. The Morgan fingerprint density at radius 1 is 1.10 bits per heavy atom. The van der Waals surface area contributed by atoms with Gasteiger partial charge in [-0.05, 0) is 18.1 Å². The molecule has 0 radical (unpaired) electrons. The fourth-order valence-corrected chi connectivity index (χ4v) is 3.93. The van der Waals surface area contributed by atoms with Crippen LogP contribution in [0.3, 0.4) is 0 Å². The second-order valence-electron chi connectivity index (χ2n) is 6.69. The fourth-order valence-electron chi connectivity index (χ4n) is 3.23. The second kappa shape index (κ2) is 8.14. The van der Waals surface area contributed by atoms with E-state index in [1.54, 1.807) is 48.5 Å². The number of esters is 1. The number of nitrogens with zero attached hydrogens (tertiary/aromatic N) is 1. The lowest BCUT2D eigenvalue weighted by Crippen LogP contribution is -2.51. The molecule has 152 valence electrons. The molecule has 2 aromatic rings. The first-order valence-corrected chi connectivity index (χ1v) is 10.7. The Kier molecular flexibility index (Phi) is 5.81. The highest BCUT2D eigenvalue weighted by molar-refractivity contribution is 7.88. The summed E-state index contributed by atoms with van der Waals surface area (Å²) in [6.07, 6.45) is -0.287. The zero-order valence-corrected chi connectivity index (χ0v) is 16.7. The Labute approximate surface area is 168 Å². The Hall–Kier alpha value is -3.04. The molecule has 1 aliphatic heterocycles. The molecule has 0 aliphatic carbocycles. The summed E-state index contributed by atoms with van der Waals surface area (Å²) in [4.78, 5) is 38.6. The van der Waals surface area contributed by atoms with E-state index in [2.05, 4.69) is 4.72 Å². The number of carbonyl (C=O) groups excluding carboxylic acids is 3. The molecule has 29 heavy (non-hydrogen) atoms. The van der Waals surface area contributed by atoms with Gasteiger partial charge in [0.2, 0.25) is 16.3 Å². The minimum absolute atomic E-state index is 0.0274. The number of rotatable bonds is 6. The molecule has 0 fully saturated rings. The Bertz CT molecular complexity index is 1050. The predicted octanol–water partition coefficient (Wildman–Crippen LogP) is 1.39. The van der Waals surface area contributed by atoms with Crippen molar-refractivity contribution in [1.82, 2.24) is 9.62 Å². The molecule has 8 nitrogen and oxygen atoms in total. The van der Waals surface area contributed by atoms with Crippen molar-refractivity contribution in [3.8, 4) is 0 Å². The van der Waals surface area contributed by atoms with E-state index in [-0.39, 0.29) is 12.0 Å². The van der Waals surface area contributed by atoms with E-state index in [0.29, 0.717) is 11.1 Å². The van der Waals surface area contributed by atoms with Gasteiger partial charge in [0.1, 0.15) is 6.04 Å². The first kappa shape index (κ1) is 20.7. The van der Waals surface area contributed by atoms with Gasteiger partial charge in [0.05, 0.1) is 6.26 Å². The average molecular weight is 416 g/mol. The fraction of sp³-hybridized carbons (Fsp3) is 0.250. The van der Waals surface area contributed by atoms with E-state index in [4.69, 9.17) is 4.74 Å². The summed E-state index contributed by atoms with van der Waals surface area (Å²) >= 11 is 0. The van der Waals surface area contributed by atoms with Crippen molar-refractivity contribution in [1.29, 1.82) is 0 Å². The van der Waals surface area contributed by atoms with E-state index in [0.717, 1.165) is 11.2 Å². The summed E-state index contributed by atoms with van der Waals surface area (Å²) < 4.78 is 31.2. The number of ether oxygens (including phenoxy) is 1. The lowest BCUT2D eigenvalue weighted by Gasteiger charge is -2.27. The van der Waals surface area contributed by atoms with Gasteiger partial charge < -0.3 is 4.74 Å². The van der Waals surface area contributed by atoms with Gasteiger partial charge in [-0.25, -0.2) is 18.0 Å². The van der Waals surface area contributed by atoms with Crippen molar-refractivity contribution in [3.63, 3.8) is 0 Å². The van der Waals surface area contributed by atoms with E-state index in [1.807, 2.05) is 0 Å². The molecule has 0 saturated heterocycles.